The molecule has 0 aliphatic carbocycles. The van der Waals surface area contributed by atoms with E-state index in [4.69, 9.17) is 5.73 Å². The predicted molar refractivity (Wildman–Crippen MR) is 99.1 cm³/mol. The number of aromatic amines is 1. The van der Waals surface area contributed by atoms with Crippen molar-refractivity contribution in [1.82, 2.24) is 20.6 Å². The smallest absolute Gasteiger partial charge is 0.266 e. The number of aromatic nitrogens is 4. The minimum absolute atomic E-state index is 0. The van der Waals surface area contributed by atoms with Crippen molar-refractivity contribution in [3.05, 3.63) is 71.3 Å². The number of anilines is 1. The SMILES string of the molecule is Cl.N[C@H]1N=C(c2ccccc2F)c2ccccc2N(Cc2nn[nH]n2)C1=O. The van der Waals surface area contributed by atoms with Crippen LogP contribution < -0.4 is 10.6 Å². The van der Waals surface area contributed by atoms with E-state index in [-0.39, 0.29) is 24.5 Å². The van der Waals surface area contributed by atoms with Gasteiger partial charge in [0.15, 0.2) is 12.0 Å². The van der Waals surface area contributed by atoms with Gasteiger partial charge in [-0.3, -0.25) is 9.79 Å². The summed E-state index contributed by atoms with van der Waals surface area (Å²) in [6.07, 6.45) is -1.18. The number of benzene rings is 2. The second-order valence-corrected chi connectivity index (χ2v) is 5.67. The third-order valence-corrected chi connectivity index (χ3v) is 4.05. The van der Waals surface area contributed by atoms with Gasteiger partial charge in [-0.05, 0) is 18.2 Å². The molecule has 2 heterocycles. The van der Waals surface area contributed by atoms with Gasteiger partial charge in [-0.15, -0.1) is 22.6 Å². The minimum atomic E-state index is -1.18. The summed E-state index contributed by atoms with van der Waals surface area (Å²) in [5.74, 6) is -0.546. The topological polar surface area (TPSA) is 113 Å². The summed E-state index contributed by atoms with van der Waals surface area (Å²) in [5, 5.41) is 13.6. The van der Waals surface area contributed by atoms with Gasteiger partial charge in [0.25, 0.3) is 5.91 Å². The van der Waals surface area contributed by atoms with E-state index >= 15 is 0 Å². The number of hydrogen-bond donors (Lipinski definition) is 2. The molecule has 4 rings (SSSR count). The van der Waals surface area contributed by atoms with E-state index < -0.39 is 17.9 Å². The molecule has 1 amide bonds. The van der Waals surface area contributed by atoms with Crippen LogP contribution in [0, 0.1) is 5.82 Å². The number of rotatable bonds is 3. The van der Waals surface area contributed by atoms with Crippen LogP contribution in [0.5, 0.6) is 0 Å². The fraction of sp³-hybridized carbons (Fsp3) is 0.118. The van der Waals surface area contributed by atoms with Gasteiger partial charge in [0, 0.05) is 11.1 Å². The number of amides is 1. The van der Waals surface area contributed by atoms with Crippen LogP contribution >= 0.6 is 12.4 Å². The zero-order valence-electron chi connectivity index (χ0n) is 13.9. The zero-order chi connectivity index (χ0) is 18.1. The Morgan fingerprint density at radius 1 is 1.11 bits per heavy atom. The lowest BCUT2D eigenvalue weighted by molar-refractivity contribution is -0.119. The molecule has 0 radical (unpaired) electrons. The fourth-order valence-electron chi connectivity index (χ4n) is 2.87. The molecular formula is C17H15ClFN7O. The molecule has 1 atom stereocenters. The molecule has 0 saturated carbocycles. The second-order valence-electron chi connectivity index (χ2n) is 5.67. The van der Waals surface area contributed by atoms with E-state index in [1.54, 1.807) is 42.5 Å². The van der Waals surface area contributed by atoms with E-state index in [0.29, 0.717) is 22.8 Å². The first-order valence-electron chi connectivity index (χ1n) is 7.86. The van der Waals surface area contributed by atoms with Crippen LogP contribution in [0.4, 0.5) is 10.1 Å². The molecule has 3 aromatic rings. The molecule has 1 aromatic heterocycles. The molecule has 1 aliphatic rings. The minimum Gasteiger partial charge on any atom is -0.302 e. The maximum atomic E-state index is 14.4. The molecule has 1 aliphatic heterocycles. The highest BCUT2D eigenvalue weighted by Crippen LogP contribution is 2.29. The number of para-hydroxylation sites is 1. The van der Waals surface area contributed by atoms with E-state index in [0.717, 1.165) is 0 Å². The van der Waals surface area contributed by atoms with Gasteiger partial charge < -0.3 is 10.6 Å². The molecule has 0 fully saturated rings. The van der Waals surface area contributed by atoms with Gasteiger partial charge in [0.2, 0.25) is 0 Å². The molecule has 27 heavy (non-hydrogen) atoms. The summed E-state index contributed by atoms with van der Waals surface area (Å²) < 4.78 is 14.4. The second kappa shape index (κ2) is 7.60. The number of hydrogen-bond acceptors (Lipinski definition) is 6. The molecule has 0 unspecified atom stereocenters. The number of benzodiazepines with no additional fused rings is 1. The van der Waals surface area contributed by atoms with Crippen molar-refractivity contribution in [2.24, 2.45) is 10.7 Å². The molecule has 0 saturated heterocycles. The van der Waals surface area contributed by atoms with Crippen molar-refractivity contribution >= 4 is 29.7 Å². The molecule has 2 aromatic carbocycles. The van der Waals surface area contributed by atoms with Crippen LogP contribution in [0.15, 0.2) is 53.5 Å². The quantitative estimate of drug-likeness (QED) is 0.705. The highest BCUT2D eigenvalue weighted by atomic mass is 35.5. The van der Waals surface area contributed by atoms with Crippen LogP contribution in [-0.4, -0.2) is 38.4 Å². The molecular weight excluding hydrogens is 373 g/mol. The Morgan fingerprint density at radius 3 is 2.52 bits per heavy atom. The standard InChI is InChI=1S/C17H14FN7O.ClH/c18-12-7-3-1-5-10(12)15-11-6-2-4-8-13(11)25(17(26)16(19)20-15)9-14-21-23-24-22-14;/h1-8,16H,9,19H2,(H,21,22,23,24);1H/t16-;/m0./s1. The highest BCUT2D eigenvalue weighted by molar-refractivity contribution is 6.20. The molecule has 8 nitrogen and oxygen atoms in total. The third kappa shape index (κ3) is 3.42. The van der Waals surface area contributed by atoms with Crippen LogP contribution in [0.25, 0.3) is 0 Å². The summed E-state index contributed by atoms with van der Waals surface area (Å²) in [4.78, 5) is 18.6. The summed E-state index contributed by atoms with van der Waals surface area (Å²) in [6, 6.07) is 13.4. The van der Waals surface area contributed by atoms with Gasteiger partial charge in [-0.1, -0.05) is 35.5 Å². The lowest BCUT2D eigenvalue weighted by Crippen LogP contribution is -2.42. The van der Waals surface area contributed by atoms with Crippen molar-refractivity contribution in [2.45, 2.75) is 12.7 Å². The number of nitrogens with zero attached hydrogens (tertiary/aromatic N) is 5. The van der Waals surface area contributed by atoms with Crippen LogP contribution in [0.1, 0.15) is 17.0 Å². The molecule has 138 valence electrons. The summed E-state index contributed by atoms with van der Waals surface area (Å²) in [6.45, 7) is 0.0696. The number of tetrazole rings is 1. The summed E-state index contributed by atoms with van der Waals surface area (Å²) in [5.41, 5.74) is 7.75. The predicted octanol–water partition coefficient (Wildman–Crippen LogP) is 1.43. The Kier molecular flexibility index (Phi) is 5.24. The number of fused-ring (bicyclic) bond motifs is 1. The first kappa shape index (κ1) is 18.6. The van der Waals surface area contributed by atoms with E-state index in [9.17, 15) is 9.18 Å². The van der Waals surface area contributed by atoms with Gasteiger partial charge in [-0.2, -0.15) is 5.21 Å². The van der Waals surface area contributed by atoms with E-state index in [2.05, 4.69) is 25.6 Å². The highest BCUT2D eigenvalue weighted by Gasteiger charge is 2.31. The molecule has 0 spiro atoms. The molecule has 10 heteroatoms. The van der Waals surface area contributed by atoms with Crippen LogP contribution in [-0.2, 0) is 11.3 Å². The lowest BCUT2D eigenvalue weighted by Gasteiger charge is -2.22. The van der Waals surface area contributed by atoms with Crippen molar-refractivity contribution in [2.75, 3.05) is 4.90 Å². The number of carbonyl (C=O) groups is 1. The Balaban J connectivity index is 0.00000210. The Morgan fingerprint density at radius 2 is 1.81 bits per heavy atom. The zero-order valence-corrected chi connectivity index (χ0v) is 14.7. The monoisotopic (exact) mass is 387 g/mol. The van der Waals surface area contributed by atoms with Crippen LogP contribution in [0.2, 0.25) is 0 Å². The Hall–Kier alpha value is -3.17. The van der Waals surface area contributed by atoms with Gasteiger partial charge in [0.05, 0.1) is 17.9 Å². The number of halogens is 2. The average molecular weight is 388 g/mol. The number of nitrogens with two attached hydrogens (primary N) is 1. The summed E-state index contributed by atoms with van der Waals surface area (Å²) >= 11 is 0. The van der Waals surface area contributed by atoms with Gasteiger partial charge in [0.1, 0.15) is 5.82 Å². The van der Waals surface area contributed by atoms with Crippen molar-refractivity contribution in [3.8, 4) is 0 Å². The summed E-state index contributed by atoms with van der Waals surface area (Å²) in [7, 11) is 0. The third-order valence-electron chi connectivity index (χ3n) is 4.05. The maximum Gasteiger partial charge on any atom is 0.266 e. The van der Waals surface area contributed by atoms with Gasteiger partial charge in [-0.25, -0.2) is 4.39 Å². The fourth-order valence-corrected chi connectivity index (χ4v) is 2.87. The Labute approximate surface area is 159 Å². The number of nitrogens with one attached hydrogen (secondary N) is 1. The Bertz CT molecular complexity index is 992. The number of aliphatic imine (C=N–C) groups is 1. The normalized spacial score (nSPS) is 16.2. The number of H-pyrrole nitrogens is 1. The molecule has 0 bridgehead atoms. The largest absolute Gasteiger partial charge is 0.302 e. The van der Waals surface area contributed by atoms with Crippen molar-refractivity contribution in [3.63, 3.8) is 0 Å². The average Bonchev–Trinajstić information content (AvgIpc) is 3.14. The van der Waals surface area contributed by atoms with Crippen molar-refractivity contribution < 1.29 is 9.18 Å². The number of carbonyl (C=O) groups excluding carboxylic acids is 1. The first-order chi connectivity index (χ1) is 12.6. The molecule has 3 N–H and O–H groups in total. The van der Waals surface area contributed by atoms with Gasteiger partial charge >= 0.3 is 0 Å². The van der Waals surface area contributed by atoms with Crippen molar-refractivity contribution in [1.29, 1.82) is 0 Å². The lowest BCUT2D eigenvalue weighted by atomic mass is 9.99. The first-order valence-corrected chi connectivity index (χ1v) is 7.86. The van der Waals surface area contributed by atoms with E-state index in [1.807, 2.05) is 0 Å². The van der Waals surface area contributed by atoms with E-state index in [1.165, 1.54) is 11.0 Å². The maximum absolute atomic E-state index is 14.4. The van der Waals surface area contributed by atoms with Crippen LogP contribution in [0.3, 0.4) is 0 Å².